The van der Waals surface area contributed by atoms with Gasteiger partial charge in [-0.05, 0) is 25.0 Å². The van der Waals surface area contributed by atoms with Crippen LogP contribution in [0.15, 0.2) is 35.3 Å². The summed E-state index contributed by atoms with van der Waals surface area (Å²) >= 11 is 6.26. The summed E-state index contributed by atoms with van der Waals surface area (Å²) in [6.07, 6.45) is 3.64. The van der Waals surface area contributed by atoms with E-state index in [1.807, 2.05) is 24.3 Å². The molecule has 0 amide bonds. The Bertz CT molecular complexity index is 899. The van der Waals surface area contributed by atoms with Crippen molar-refractivity contribution >= 4 is 28.3 Å². The van der Waals surface area contributed by atoms with Gasteiger partial charge in [0.15, 0.2) is 0 Å². The zero-order valence-electron chi connectivity index (χ0n) is 12.7. The molecule has 0 spiro atoms. The first-order valence-electron chi connectivity index (χ1n) is 7.58. The standard InChI is InChI=1S/C16H16ClN5O/c1-21-16(23)14(17)13(9-18-21)22-8-4-7-12(22)15-19-10-5-2-3-6-11(10)20-15/h2-3,5-6,9,12H,4,7-8H2,1H3,(H,19,20). The Morgan fingerprint density at radius 1 is 1.35 bits per heavy atom. The molecule has 1 N–H and O–H groups in total. The van der Waals surface area contributed by atoms with Crippen LogP contribution in [0, 0.1) is 0 Å². The third kappa shape index (κ3) is 2.30. The fraction of sp³-hybridized carbons (Fsp3) is 0.312. The SMILES string of the molecule is Cn1ncc(N2CCCC2c2nc3ccccc3[nH]2)c(Cl)c1=O. The largest absolute Gasteiger partial charge is 0.359 e. The molecule has 1 aliphatic rings. The fourth-order valence-corrected chi connectivity index (χ4v) is 3.45. The lowest BCUT2D eigenvalue weighted by molar-refractivity contribution is 0.664. The number of hydrogen-bond acceptors (Lipinski definition) is 4. The first-order valence-corrected chi connectivity index (χ1v) is 7.96. The minimum Gasteiger partial charge on any atom is -0.359 e. The second-order valence-electron chi connectivity index (χ2n) is 5.76. The molecule has 118 valence electrons. The number of aromatic amines is 1. The molecule has 2 aromatic heterocycles. The van der Waals surface area contributed by atoms with Crippen molar-refractivity contribution < 1.29 is 0 Å². The van der Waals surface area contributed by atoms with E-state index in [-0.39, 0.29) is 16.6 Å². The number of aromatic nitrogens is 4. The highest BCUT2D eigenvalue weighted by molar-refractivity contribution is 6.33. The van der Waals surface area contributed by atoms with Gasteiger partial charge in [0, 0.05) is 13.6 Å². The van der Waals surface area contributed by atoms with Crippen molar-refractivity contribution in [3.63, 3.8) is 0 Å². The summed E-state index contributed by atoms with van der Waals surface area (Å²) < 4.78 is 1.25. The van der Waals surface area contributed by atoms with E-state index in [9.17, 15) is 4.79 Å². The van der Waals surface area contributed by atoms with E-state index in [0.717, 1.165) is 36.2 Å². The quantitative estimate of drug-likeness (QED) is 0.785. The number of benzene rings is 1. The van der Waals surface area contributed by atoms with Crippen LogP contribution in [0.2, 0.25) is 5.02 Å². The molecule has 1 unspecified atom stereocenters. The van der Waals surface area contributed by atoms with Gasteiger partial charge in [-0.2, -0.15) is 5.10 Å². The van der Waals surface area contributed by atoms with Crippen molar-refractivity contribution in [2.24, 2.45) is 7.05 Å². The zero-order chi connectivity index (χ0) is 16.0. The molecule has 0 bridgehead atoms. The Kier molecular flexibility index (Phi) is 3.34. The van der Waals surface area contributed by atoms with Crippen molar-refractivity contribution in [3.05, 3.63) is 51.7 Å². The van der Waals surface area contributed by atoms with Gasteiger partial charge in [0.05, 0.1) is 29.0 Å². The third-order valence-corrected chi connectivity index (χ3v) is 4.70. The molecule has 1 atom stereocenters. The Labute approximate surface area is 137 Å². The lowest BCUT2D eigenvalue weighted by Crippen LogP contribution is -2.28. The number of nitrogens with one attached hydrogen (secondary N) is 1. The number of hydrogen-bond donors (Lipinski definition) is 1. The van der Waals surface area contributed by atoms with Gasteiger partial charge in [-0.3, -0.25) is 4.79 Å². The van der Waals surface area contributed by atoms with Gasteiger partial charge in [-0.1, -0.05) is 23.7 Å². The van der Waals surface area contributed by atoms with Gasteiger partial charge in [0.25, 0.3) is 5.56 Å². The first kappa shape index (κ1) is 14.3. The molecule has 3 aromatic rings. The molecule has 0 radical (unpaired) electrons. The molecule has 1 saturated heterocycles. The molecule has 1 aliphatic heterocycles. The van der Waals surface area contributed by atoms with Crippen molar-refractivity contribution in [1.82, 2.24) is 19.7 Å². The molecule has 1 fully saturated rings. The summed E-state index contributed by atoms with van der Waals surface area (Å²) in [5.74, 6) is 0.903. The maximum absolute atomic E-state index is 12.0. The summed E-state index contributed by atoms with van der Waals surface area (Å²) in [4.78, 5) is 22.2. The summed E-state index contributed by atoms with van der Waals surface area (Å²) in [5.41, 5.74) is 2.36. The highest BCUT2D eigenvalue weighted by Gasteiger charge is 2.31. The fourth-order valence-electron chi connectivity index (χ4n) is 3.17. The number of nitrogens with zero attached hydrogens (tertiary/aromatic N) is 4. The Balaban J connectivity index is 1.77. The first-order chi connectivity index (χ1) is 11.1. The smallest absolute Gasteiger partial charge is 0.287 e. The van der Waals surface area contributed by atoms with Crippen LogP contribution in [-0.4, -0.2) is 26.3 Å². The molecular formula is C16H16ClN5O. The lowest BCUT2D eigenvalue weighted by Gasteiger charge is -2.25. The van der Waals surface area contributed by atoms with Crippen LogP contribution in [0.25, 0.3) is 11.0 Å². The lowest BCUT2D eigenvalue weighted by atomic mass is 10.2. The van der Waals surface area contributed by atoms with Crippen LogP contribution in [0.3, 0.4) is 0 Å². The van der Waals surface area contributed by atoms with Crippen LogP contribution in [-0.2, 0) is 7.05 Å². The Hall–Kier alpha value is -2.34. The summed E-state index contributed by atoms with van der Waals surface area (Å²) in [6.45, 7) is 0.830. The number of imidazole rings is 1. The van der Waals surface area contributed by atoms with Crippen LogP contribution in [0.4, 0.5) is 5.69 Å². The number of halogens is 1. The van der Waals surface area contributed by atoms with Gasteiger partial charge < -0.3 is 9.88 Å². The predicted molar refractivity (Wildman–Crippen MR) is 89.9 cm³/mol. The van der Waals surface area contributed by atoms with Crippen LogP contribution < -0.4 is 10.5 Å². The molecule has 23 heavy (non-hydrogen) atoms. The number of aryl methyl sites for hydroxylation is 1. The average molecular weight is 330 g/mol. The maximum Gasteiger partial charge on any atom is 0.287 e. The molecule has 1 aromatic carbocycles. The minimum absolute atomic E-state index is 0.0776. The molecule has 4 rings (SSSR count). The van der Waals surface area contributed by atoms with E-state index >= 15 is 0 Å². The minimum atomic E-state index is -0.278. The number of anilines is 1. The number of rotatable bonds is 2. The van der Waals surface area contributed by atoms with Gasteiger partial charge in [-0.15, -0.1) is 0 Å². The van der Waals surface area contributed by atoms with E-state index < -0.39 is 0 Å². The van der Waals surface area contributed by atoms with Crippen molar-refractivity contribution in [3.8, 4) is 0 Å². The van der Waals surface area contributed by atoms with E-state index in [1.54, 1.807) is 13.2 Å². The van der Waals surface area contributed by atoms with Crippen LogP contribution >= 0.6 is 11.6 Å². The van der Waals surface area contributed by atoms with E-state index in [4.69, 9.17) is 16.6 Å². The van der Waals surface area contributed by atoms with Gasteiger partial charge in [0.2, 0.25) is 0 Å². The molecular weight excluding hydrogens is 314 g/mol. The van der Waals surface area contributed by atoms with E-state index in [1.165, 1.54) is 4.68 Å². The van der Waals surface area contributed by atoms with Crippen molar-refractivity contribution in [2.75, 3.05) is 11.4 Å². The second-order valence-corrected chi connectivity index (χ2v) is 6.14. The molecule has 0 saturated carbocycles. The van der Waals surface area contributed by atoms with Crippen LogP contribution in [0.1, 0.15) is 24.7 Å². The van der Waals surface area contributed by atoms with Crippen LogP contribution in [0.5, 0.6) is 0 Å². The molecule has 7 heteroatoms. The average Bonchev–Trinajstić information content (AvgIpc) is 3.18. The topological polar surface area (TPSA) is 66.8 Å². The van der Waals surface area contributed by atoms with Gasteiger partial charge >= 0.3 is 0 Å². The highest BCUT2D eigenvalue weighted by Crippen LogP contribution is 2.37. The van der Waals surface area contributed by atoms with Crippen molar-refractivity contribution in [1.29, 1.82) is 0 Å². The van der Waals surface area contributed by atoms with Gasteiger partial charge in [-0.25, -0.2) is 9.67 Å². The molecule has 3 heterocycles. The van der Waals surface area contributed by atoms with Crippen molar-refractivity contribution in [2.45, 2.75) is 18.9 Å². The number of para-hydroxylation sites is 2. The van der Waals surface area contributed by atoms with Gasteiger partial charge in [0.1, 0.15) is 10.8 Å². The summed E-state index contributed by atoms with van der Waals surface area (Å²) in [5, 5.41) is 4.32. The monoisotopic (exact) mass is 329 g/mol. The third-order valence-electron chi connectivity index (χ3n) is 4.35. The summed E-state index contributed by atoms with van der Waals surface area (Å²) in [7, 11) is 1.60. The van der Waals surface area contributed by atoms with E-state index in [0.29, 0.717) is 5.69 Å². The number of H-pyrrole nitrogens is 1. The van der Waals surface area contributed by atoms with E-state index in [2.05, 4.69) is 15.0 Å². The maximum atomic E-state index is 12.0. The molecule has 6 nitrogen and oxygen atoms in total. The highest BCUT2D eigenvalue weighted by atomic mass is 35.5. The molecule has 0 aliphatic carbocycles. The summed E-state index contributed by atoms with van der Waals surface area (Å²) in [6, 6.07) is 8.03. The zero-order valence-corrected chi connectivity index (χ0v) is 13.4. The Morgan fingerprint density at radius 2 is 2.17 bits per heavy atom. The number of fused-ring (bicyclic) bond motifs is 1. The second kappa shape index (κ2) is 5.38. The normalized spacial score (nSPS) is 18.0. The predicted octanol–water partition coefficient (Wildman–Crippen LogP) is 2.65. The Morgan fingerprint density at radius 3 is 3.00 bits per heavy atom.